The first-order chi connectivity index (χ1) is 7.95. The largest absolute Gasteiger partial charge is 0.502 e. The molecule has 92 valence electrons. The number of benzene rings is 1. The lowest BCUT2D eigenvalue weighted by atomic mass is 10.1. The Labute approximate surface area is 97.4 Å². The second kappa shape index (κ2) is 5.26. The topological polar surface area (TPSA) is 118 Å². The molecule has 7 nitrogen and oxygen atoms in total. The summed E-state index contributed by atoms with van der Waals surface area (Å²) in [6, 6.07) is 3.20. The molecule has 0 aliphatic carbocycles. The fourth-order valence-corrected chi connectivity index (χ4v) is 1.19. The minimum atomic E-state index is -0.723. The van der Waals surface area contributed by atoms with Crippen molar-refractivity contribution in [3.8, 4) is 5.75 Å². The molecule has 0 saturated carbocycles. The average Bonchev–Trinajstić information content (AvgIpc) is 2.28. The number of hydrogen-bond acceptors (Lipinski definition) is 5. The number of amides is 1. The minimum Gasteiger partial charge on any atom is -0.502 e. The van der Waals surface area contributed by atoms with Crippen LogP contribution in [0.25, 0.3) is 0 Å². The minimum absolute atomic E-state index is 0.147. The smallest absolute Gasteiger partial charge is 0.310 e. The fraction of sp³-hybridized carbons (Fsp3) is 0.300. The molecule has 0 aliphatic rings. The third-order valence-corrected chi connectivity index (χ3v) is 2.17. The van der Waals surface area contributed by atoms with Gasteiger partial charge in [-0.1, -0.05) is 0 Å². The van der Waals surface area contributed by atoms with Crippen LogP contribution in [0.3, 0.4) is 0 Å². The lowest BCUT2D eigenvalue weighted by Crippen LogP contribution is -2.37. The number of nitro groups is 1. The van der Waals surface area contributed by atoms with E-state index in [-0.39, 0.29) is 18.2 Å². The van der Waals surface area contributed by atoms with Crippen LogP contribution in [0.15, 0.2) is 18.2 Å². The Kier molecular flexibility index (Phi) is 4.00. The molecule has 1 aromatic rings. The Morgan fingerprint density at radius 3 is 2.76 bits per heavy atom. The van der Waals surface area contributed by atoms with Gasteiger partial charge in [0.2, 0.25) is 0 Å². The molecule has 0 spiro atoms. The van der Waals surface area contributed by atoms with E-state index in [1.165, 1.54) is 6.07 Å². The number of nitro benzene ring substituents is 1. The van der Waals surface area contributed by atoms with Crippen LogP contribution in [0.2, 0.25) is 0 Å². The van der Waals surface area contributed by atoms with Crippen molar-refractivity contribution in [1.82, 2.24) is 5.32 Å². The maximum atomic E-state index is 11.6. The molecule has 0 radical (unpaired) electrons. The number of aromatic hydroxyl groups is 1. The van der Waals surface area contributed by atoms with Gasteiger partial charge in [0.15, 0.2) is 5.75 Å². The second-order valence-electron chi connectivity index (χ2n) is 3.57. The van der Waals surface area contributed by atoms with Gasteiger partial charge < -0.3 is 16.2 Å². The van der Waals surface area contributed by atoms with Crippen molar-refractivity contribution in [2.24, 2.45) is 5.73 Å². The van der Waals surface area contributed by atoms with Gasteiger partial charge in [0.1, 0.15) is 0 Å². The Morgan fingerprint density at radius 1 is 1.65 bits per heavy atom. The number of phenolic OH excluding ortho intramolecular Hbond substituents is 1. The predicted molar refractivity (Wildman–Crippen MR) is 60.7 cm³/mol. The quantitative estimate of drug-likeness (QED) is 0.518. The number of nitrogens with zero attached hydrogens (tertiary/aromatic N) is 1. The summed E-state index contributed by atoms with van der Waals surface area (Å²) in [5.41, 5.74) is 5.05. The van der Waals surface area contributed by atoms with Gasteiger partial charge in [0.05, 0.1) is 4.92 Å². The number of nitrogens with two attached hydrogens (primary N) is 1. The summed E-state index contributed by atoms with van der Waals surface area (Å²) in [5, 5.41) is 22.4. The van der Waals surface area contributed by atoms with Gasteiger partial charge in [-0.2, -0.15) is 0 Å². The highest BCUT2D eigenvalue weighted by atomic mass is 16.6. The molecule has 0 fully saturated rings. The standard InChI is InChI=1S/C10H13N3O4/c1-6(5-11)12-10(15)7-2-3-8(13(16)17)9(14)4-7/h2-4,6,14H,5,11H2,1H3,(H,12,15)/t6-/m1/s1. The highest BCUT2D eigenvalue weighted by molar-refractivity contribution is 5.95. The highest BCUT2D eigenvalue weighted by Crippen LogP contribution is 2.26. The first-order valence-corrected chi connectivity index (χ1v) is 4.94. The van der Waals surface area contributed by atoms with Crippen molar-refractivity contribution in [3.05, 3.63) is 33.9 Å². The van der Waals surface area contributed by atoms with Gasteiger partial charge in [-0.05, 0) is 19.1 Å². The monoisotopic (exact) mass is 239 g/mol. The highest BCUT2D eigenvalue weighted by Gasteiger charge is 2.16. The second-order valence-corrected chi connectivity index (χ2v) is 3.57. The fourth-order valence-electron chi connectivity index (χ4n) is 1.19. The van der Waals surface area contributed by atoms with Crippen molar-refractivity contribution >= 4 is 11.6 Å². The third-order valence-electron chi connectivity index (χ3n) is 2.17. The SMILES string of the molecule is C[C@H](CN)NC(=O)c1ccc([N+](=O)[O-])c(O)c1. The number of nitrogens with one attached hydrogen (secondary N) is 1. The maximum Gasteiger partial charge on any atom is 0.310 e. The van der Waals surface area contributed by atoms with E-state index in [4.69, 9.17) is 5.73 Å². The van der Waals surface area contributed by atoms with Crippen molar-refractivity contribution < 1.29 is 14.8 Å². The molecule has 0 saturated heterocycles. The molecule has 4 N–H and O–H groups in total. The van der Waals surface area contributed by atoms with E-state index in [1.807, 2.05) is 0 Å². The molecule has 0 heterocycles. The maximum absolute atomic E-state index is 11.6. The molecular formula is C10H13N3O4. The van der Waals surface area contributed by atoms with E-state index in [9.17, 15) is 20.0 Å². The molecule has 17 heavy (non-hydrogen) atoms. The number of carbonyl (C=O) groups is 1. The van der Waals surface area contributed by atoms with Crippen LogP contribution >= 0.6 is 0 Å². The molecule has 0 aromatic heterocycles. The van der Waals surface area contributed by atoms with Crippen molar-refractivity contribution in [3.63, 3.8) is 0 Å². The molecule has 1 amide bonds. The van der Waals surface area contributed by atoms with Crippen molar-refractivity contribution in [2.75, 3.05) is 6.54 Å². The third kappa shape index (κ3) is 3.15. The molecular weight excluding hydrogens is 226 g/mol. The predicted octanol–water partition coefficient (Wildman–Crippen LogP) is 0.377. The van der Waals surface area contributed by atoms with E-state index in [0.717, 1.165) is 12.1 Å². The number of hydrogen-bond donors (Lipinski definition) is 3. The first kappa shape index (κ1) is 12.9. The molecule has 1 aromatic carbocycles. The van der Waals surface area contributed by atoms with Crippen LogP contribution < -0.4 is 11.1 Å². The number of carbonyl (C=O) groups excluding carboxylic acids is 1. The number of phenols is 1. The number of rotatable bonds is 4. The van der Waals surface area contributed by atoms with Gasteiger partial charge in [-0.15, -0.1) is 0 Å². The zero-order chi connectivity index (χ0) is 13.0. The van der Waals surface area contributed by atoms with Gasteiger partial charge in [0.25, 0.3) is 5.91 Å². The lowest BCUT2D eigenvalue weighted by molar-refractivity contribution is -0.385. The Balaban J connectivity index is 2.90. The van der Waals surface area contributed by atoms with Crippen LogP contribution in [-0.4, -0.2) is 28.5 Å². The van der Waals surface area contributed by atoms with Crippen LogP contribution in [0.1, 0.15) is 17.3 Å². The summed E-state index contributed by atoms with van der Waals surface area (Å²) in [7, 11) is 0. The van der Waals surface area contributed by atoms with Crippen molar-refractivity contribution in [2.45, 2.75) is 13.0 Å². The van der Waals surface area contributed by atoms with Gasteiger partial charge >= 0.3 is 5.69 Å². The summed E-state index contributed by atoms with van der Waals surface area (Å²) in [6.07, 6.45) is 0. The van der Waals surface area contributed by atoms with E-state index in [1.54, 1.807) is 6.92 Å². The summed E-state index contributed by atoms with van der Waals surface area (Å²) >= 11 is 0. The van der Waals surface area contributed by atoms with Crippen molar-refractivity contribution in [1.29, 1.82) is 0 Å². The van der Waals surface area contributed by atoms with E-state index >= 15 is 0 Å². The van der Waals surface area contributed by atoms with Crippen LogP contribution in [0.4, 0.5) is 5.69 Å². The van der Waals surface area contributed by atoms with E-state index in [2.05, 4.69) is 5.32 Å². The molecule has 1 atom stereocenters. The first-order valence-electron chi connectivity index (χ1n) is 4.94. The zero-order valence-electron chi connectivity index (χ0n) is 9.21. The summed E-state index contributed by atoms with van der Waals surface area (Å²) < 4.78 is 0. The average molecular weight is 239 g/mol. The molecule has 0 aliphatic heterocycles. The van der Waals surface area contributed by atoms with Gasteiger partial charge in [-0.25, -0.2) is 0 Å². The van der Waals surface area contributed by atoms with Crippen LogP contribution in [-0.2, 0) is 0 Å². The Bertz CT molecular complexity index is 447. The van der Waals surface area contributed by atoms with Gasteiger partial charge in [-0.3, -0.25) is 14.9 Å². The zero-order valence-corrected chi connectivity index (χ0v) is 9.21. The van der Waals surface area contributed by atoms with E-state index < -0.39 is 22.3 Å². The summed E-state index contributed by atoms with van der Waals surface area (Å²) in [6.45, 7) is 2.01. The Morgan fingerprint density at radius 2 is 2.29 bits per heavy atom. The summed E-state index contributed by atoms with van der Waals surface area (Å²) in [5.74, 6) is -0.976. The Hall–Kier alpha value is -2.15. The van der Waals surface area contributed by atoms with Crippen LogP contribution in [0, 0.1) is 10.1 Å². The normalized spacial score (nSPS) is 11.9. The van der Waals surface area contributed by atoms with Gasteiger partial charge in [0, 0.05) is 24.2 Å². The molecule has 7 heteroatoms. The molecule has 1 rings (SSSR count). The lowest BCUT2D eigenvalue weighted by Gasteiger charge is -2.11. The van der Waals surface area contributed by atoms with E-state index in [0.29, 0.717) is 0 Å². The molecule has 0 bridgehead atoms. The summed E-state index contributed by atoms with van der Waals surface area (Å²) in [4.78, 5) is 21.3. The van der Waals surface area contributed by atoms with Crippen LogP contribution in [0.5, 0.6) is 5.75 Å². The molecule has 0 unspecified atom stereocenters.